The summed E-state index contributed by atoms with van der Waals surface area (Å²) in [5, 5.41) is 8.54. The van der Waals surface area contributed by atoms with Crippen LogP contribution in [0.5, 0.6) is 0 Å². The zero-order valence-corrected chi connectivity index (χ0v) is 8.86. The molecule has 0 aliphatic heterocycles. The van der Waals surface area contributed by atoms with Gasteiger partial charge in [-0.3, -0.25) is 9.78 Å². The fraction of sp³-hybridized carbons (Fsp3) is 0.100. The number of nitrogens with two attached hydrogens (primary N) is 1. The normalized spacial score (nSPS) is 10.2. The van der Waals surface area contributed by atoms with Crippen LogP contribution < -0.4 is 22.3 Å². The lowest BCUT2D eigenvalue weighted by Crippen LogP contribution is -2.25. The molecule has 2 rings (SSSR count). The number of nitrogens with zero attached hydrogens (tertiary/aromatic N) is 1. The predicted octanol–water partition coefficient (Wildman–Crippen LogP) is -0.340. The van der Waals surface area contributed by atoms with Gasteiger partial charge in [0.05, 0.1) is 0 Å². The Morgan fingerprint density at radius 1 is 1.35 bits per heavy atom. The van der Waals surface area contributed by atoms with Crippen molar-refractivity contribution in [3.63, 3.8) is 0 Å². The summed E-state index contributed by atoms with van der Waals surface area (Å²) in [5.41, 5.74) is 5.89. The number of H-pyrrole nitrogens is 2. The van der Waals surface area contributed by atoms with Crippen molar-refractivity contribution in [2.24, 2.45) is 5.73 Å². The Hall–Kier alpha value is -2.41. The maximum absolute atomic E-state index is 11.4. The third-order valence-corrected chi connectivity index (χ3v) is 2.14. The highest BCUT2D eigenvalue weighted by Gasteiger charge is 2.02. The molecular formula is C10H11N5O2. The summed E-state index contributed by atoms with van der Waals surface area (Å²) in [5.74, 6) is 0.0266. The van der Waals surface area contributed by atoms with Gasteiger partial charge in [-0.1, -0.05) is 12.1 Å². The van der Waals surface area contributed by atoms with E-state index in [1.54, 1.807) is 12.1 Å². The molecule has 1 aromatic heterocycles. The predicted molar refractivity (Wildman–Crippen MR) is 63.1 cm³/mol. The van der Waals surface area contributed by atoms with Gasteiger partial charge in [0.2, 0.25) is 5.82 Å². The molecule has 0 saturated carbocycles. The van der Waals surface area contributed by atoms with Crippen LogP contribution in [-0.2, 0) is 6.54 Å². The van der Waals surface area contributed by atoms with Crippen LogP contribution in [0, 0.1) is 0 Å². The van der Waals surface area contributed by atoms with E-state index in [0.29, 0.717) is 12.2 Å². The summed E-state index contributed by atoms with van der Waals surface area (Å²) in [7, 11) is 0. The molecule has 0 radical (unpaired) electrons. The number of anilines is 2. The van der Waals surface area contributed by atoms with Crippen molar-refractivity contribution < 1.29 is 0 Å². The lowest BCUT2D eigenvalue weighted by atomic mass is 10.2. The van der Waals surface area contributed by atoms with Gasteiger partial charge in [0.25, 0.3) is 5.56 Å². The molecule has 0 amide bonds. The first kappa shape index (κ1) is 11.1. The monoisotopic (exact) mass is 233 g/mol. The maximum Gasteiger partial charge on any atom is 0.342 e. The molecule has 17 heavy (non-hydrogen) atoms. The zero-order valence-electron chi connectivity index (χ0n) is 8.86. The third kappa shape index (κ3) is 2.58. The molecule has 7 heteroatoms. The van der Waals surface area contributed by atoms with E-state index in [-0.39, 0.29) is 5.82 Å². The zero-order chi connectivity index (χ0) is 12.3. The van der Waals surface area contributed by atoms with Crippen molar-refractivity contribution in [2.45, 2.75) is 6.54 Å². The second-order valence-corrected chi connectivity index (χ2v) is 3.38. The van der Waals surface area contributed by atoms with Crippen LogP contribution in [0.3, 0.4) is 0 Å². The van der Waals surface area contributed by atoms with E-state index in [1.807, 2.05) is 12.1 Å². The second kappa shape index (κ2) is 4.62. The number of rotatable bonds is 3. The Morgan fingerprint density at radius 2 is 2.18 bits per heavy atom. The highest BCUT2D eigenvalue weighted by Crippen LogP contribution is 2.12. The minimum atomic E-state index is -0.642. The SMILES string of the molecule is NCc1cccc(Nc2n[nH]c(=O)[nH]c2=O)c1. The van der Waals surface area contributed by atoms with Gasteiger partial charge < -0.3 is 11.1 Å². The number of nitrogens with one attached hydrogen (secondary N) is 3. The molecule has 0 saturated heterocycles. The maximum atomic E-state index is 11.4. The largest absolute Gasteiger partial charge is 0.342 e. The number of benzene rings is 1. The quantitative estimate of drug-likeness (QED) is 0.578. The molecule has 1 aromatic carbocycles. The minimum Gasteiger partial charge on any atom is -0.334 e. The molecule has 2 aromatic rings. The van der Waals surface area contributed by atoms with E-state index in [9.17, 15) is 9.59 Å². The molecule has 0 aliphatic carbocycles. The molecule has 0 bridgehead atoms. The standard InChI is InChI=1S/C10H11N5O2/c11-5-6-2-1-3-7(4-6)12-8-9(16)13-10(17)15-14-8/h1-4H,5,11H2,(H,12,14)(H2,13,15,16,17). The Morgan fingerprint density at radius 3 is 2.88 bits per heavy atom. The molecule has 0 spiro atoms. The van der Waals surface area contributed by atoms with E-state index >= 15 is 0 Å². The average Bonchev–Trinajstić information content (AvgIpc) is 2.33. The summed E-state index contributed by atoms with van der Waals surface area (Å²) in [6, 6.07) is 7.25. The first-order valence-electron chi connectivity index (χ1n) is 4.94. The van der Waals surface area contributed by atoms with Gasteiger partial charge in [0, 0.05) is 12.2 Å². The van der Waals surface area contributed by atoms with Gasteiger partial charge in [-0.15, -0.1) is 5.10 Å². The molecule has 1 heterocycles. The highest BCUT2D eigenvalue weighted by molar-refractivity contribution is 5.55. The van der Waals surface area contributed by atoms with Crippen LogP contribution in [0.15, 0.2) is 33.9 Å². The topological polar surface area (TPSA) is 117 Å². The Kier molecular flexibility index (Phi) is 3.01. The van der Waals surface area contributed by atoms with Gasteiger partial charge in [0.1, 0.15) is 0 Å². The first-order valence-corrected chi connectivity index (χ1v) is 4.94. The number of aromatic nitrogens is 3. The van der Waals surface area contributed by atoms with Gasteiger partial charge in [-0.2, -0.15) is 0 Å². The molecule has 0 aliphatic rings. The van der Waals surface area contributed by atoms with Crippen molar-refractivity contribution in [3.05, 3.63) is 50.7 Å². The first-order chi connectivity index (χ1) is 8.19. The fourth-order valence-corrected chi connectivity index (χ4v) is 1.35. The molecule has 88 valence electrons. The number of hydrogen-bond donors (Lipinski definition) is 4. The van der Waals surface area contributed by atoms with Crippen molar-refractivity contribution >= 4 is 11.5 Å². The summed E-state index contributed by atoms with van der Waals surface area (Å²) in [4.78, 5) is 24.2. The van der Waals surface area contributed by atoms with E-state index in [4.69, 9.17) is 5.73 Å². The Balaban J connectivity index is 2.31. The van der Waals surface area contributed by atoms with Crippen LogP contribution in [0.4, 0.5) is 11.5 Å². The van der Waals surface area contributed by atoms with Crippen LogP contribution in [0.1, 0.15) is 5.56 Å². The van der Waals surface area contributed by atoms with Crippen LogP contribution in [0.25, 0.3) is 0 Å². The molecule has 0 unspecified atom stereocenters. The highest BCUT2D eigenvalue weighted by atomic mass is 16.2. The average molecular weight is 233 g/mol. The lowest BCUT2D eigenvalue weighted by Gasteiger charge is -2.05. The van der Waals surface area contributed by atoms with E-state index in [2.05, 4.69) is 20.5 Å². The van der Waals surface area contributed by atoms with Gasteiger partial charge in [-0.25, -0.2) is 9.89 Å². The minimum absolute atomic E-state index is 0.0266. The molecule has 0 fully saturated rings. The van der Waals surface area contributed by atoms with Crippen molar-refractivity contribution in [1.82, 2.24) is 15.2 Å². The molecule has 7 nitrogen and oxygen atoms in total. The lowest BCUT2D eigenvalue weighted by molar-refractivity contribution is 0.897. The Bertz CT molecular complexity index is 631. The number of hydrogen-bond acceptors (Lipinski definition) is 5. The van der Waals surface area contributed by atoms with Gasteiger partial charge in [0.15, 0.2) is 0 Å². The fourth-order valence-electron chi connectivity index (χ4n) is 1.35. The Labute approximate surface area is 95.7 Å². The summed E-state index contributed by atoms with van der Waals surface area (Å²) >= 11 is 0. The van der Waals surface area contributed by atoms with Crippen molar-refractivity contribution in [3.8, 4) is 0 Å². The van der Waals surface area contributed by atoms with Crippen LogP contribution in [-0.4, -0.2) is 15.2 Å². The molecule has 5 N–H and O–H groups in total. The van der Waals surface area contributed by atoms with Gasteiger partial charge >= 0.3 is 5.69 Å². The third-order valence-electron chi connectivity index (χ3n) is 2.14. The van der Waals surface area contributed by atoms with Crippen molar-refractivity contribution in [2.75, 3.05) is 5.32 Å². The summed E-state index contributed by atoms with van der Waals surface area (Å²) in [6.07, 6.45) is 0. The molecular weight excluding hydrogens is 222 g/mol. The second-order valence-electron chi connectivity index (χ2n) is 3.38. The van der Waals surface area contributed by atoms with E-state index in [0.717, 1.165) is 5.56 Å². The van der Waals surface area contributed by atoms with Crippen molar-refractivity contribution in [1.29, 1.82) is 0 Å². The van der Waals surface area contributed by atoms with E-state index in [1.165, 1.54) is 0 Å². The summed E-state index contributed by atoms with van der Waals surface area (Å²) in [6.45, 7) is 0.408. The molecule has 0 atom stereocenters. The smallest absolute Gasteiger partial charge is 0.334 e. The van der Waals surface area contributed by atoms with E-state index < -0.39 is 11.2 Å². The number of aromatic amines is 2. The summed E-state index contributed by atoms with van der Waals surface area (Å²) < 4.78 is 0. The van der Waals surface area contributed by atoms with Crippen LogP contribution in [0.2, 0.25) is 0 Å². The van der Waals surface area contributed by atoms with Crippen LogP contribution >= 0.6 is 0 Å². The van der Waals surface area contributed by atoms with Gasteiger partial charge in [-0.05, 0) is 17.7 Å².